The van der Waals surface area contributed by atoms with E-state index in [1.165, 1.54) is 27.8 Å². The highest BCUT2D eigenvalue weighted by Gasteiger charge is 2.35. The largest absolute Gasteiger partial charge is 0.279 e. The zero-order valence-electron chi connectivity index (χ0n) is 19.0. The Balaban J connectivity index is 1.49. The normalized spacial score (nSPS) is 14.0. The molecule has 1 amide bonds. The van der Waals surface area contributed by atoms with E-state index < -0.39 is 10.0 Å². The summed E-state index contributed by atoms with van der Waals surface area (Å²) in [6.07, 6.45) is 1.78. The third-order valence-electron chi connectivity index (χ3n) is 6.11. The summed E-state index contributed by atoms with van der Waals surface area (Å²) in [5.41, 5.74) is 3.34. The molecular weight excluding hydrogens is 466 g/mol. The minimum Gasteiger partial charge on any atom is -0.279 e. The van der Waals surface area contributed by atoms with Crippen LogP contribution in [0.5, 0.6) is 0 Å². The minimum atomic E-state index is -3.56. The van der Waals surface area contributed by atoms with Gasteiger partial charge in [-0.25, -0.2) is 13.4 Å². The van der Waals surface area contributed by atoms with E-state index in [1.807, 2.05) is 55.5 Å². The van der Waals surface area contributed by atoms with Crippen LogP contribution in [0.25, 0.3) is 10.2 Å². The van der Waals surface area contributed by atoms with Gasteiger partial charge in [-0.1, -0.05) is 53.8 Å². The van der Waals surface area contributed by atoms with E-state index in [-0.39, 0.29) is 16.8 Å². The monoisotopic (exact) mass is 491 g/mol. The summed E-state index contributed by atoms with van der Waals surface area (Å²) in [7, 11) is -1.95. The number of nitrogens with zero attached hydrogens (tertiary/aromatic N) is 3. The fraction of sp³-hybridized carbons (Fsp3) is 0.231. The summed E-state index contributed by atoms with van der Waals surface area (Å²) < 4.78 is 28.1. The molecule has 1 aromatic heterocycles. The molecule has 5 rings (SSSR count). The number of carbonyl (C=O) groups excluding carboxylic acids is 1. The molecular formula is C26H25N3O3S2. The first-order valence-corrected chi connectivity index (χ1v) is 13.4. The van der Waals surface area contributed by atoms with E-state index in [1.54, 1.807) is 24.1 Å². The lowest BCUT2D eigenvalue weighted by molar-refractivity contribution is 0.0985. The summed E-state index contributed by atoms with van der Waals surface area (Å²) in [6, 6.07) is 22.1. The van der Waals surface area contributed by atoms with Crippen molar-refractivity contribution in [2.24, 2.45) is 0 Å². The van der Waals surface area contributed by atoms with Crippen molar-refractivity contribution in [1.29, 1.82) is 0 Å². The van der Waals surface area contributed by atoms with Gasteiger partial charge in [-0.3, -0.25) is 9.69 Å². The summed E-state index contributed by atoms with van der Waals surface area (Å²) in [5, 5.41) is 0.614. The van der Waals surface area contributed by atoms with Crippen LogP contribution in [0.15, 0.2) is 77.7 Å². The van der Waals surface area contributed by atoms with Crippen molar-refractivity contribution < 1.29 is 13.2 Å². The zero-order valence-corrected chi connectivity index (χ0v) is 20.6. The number of sulfonamides is 1. The van der Waals surface area contributed by atoms with Crippen LogP contribution in [0.4, 0.5) is 5.13 Å². The number of aryl methyl sites for hydroxylation is 1. The molecule has 4 aromatic rings. The van der Waals surface area contributed by atoms with Crippen LogP contribution in [-0.4, -0.2) is 36.7 Å². The van der Waals surface area contributed by atoms with E-state index in [0.29, 0.717) is 17.2 Å². The summed E-state index contributed by atoms with van der Waals surface area (Å²) in [4.78, 5) is 20.3. The number of carbonyl (C=O) groups is 1. The van der Waals surface area contributed by atoms with Crippen molar-refractivity contribution in [2.75, 3.05) is 11.9 Å². The Morgan fingerprint density at radius 3 is 2.35 bits per heavy atom. The predicted molar refractivity (Wildman–Crippen MR) is 136 cm³/mol. The molecule has 174 valence electrons. The smallest absolute Gasteiger partial charge is 0.260 e. The van der Waals surface area contributed by atoms with Crippen molar-refractivity contribution in [3.63, 3.8) is 0 Å². The van der Waals surface area contributed by atoms with Crippen LogP contribution in [0.1, 0.15) is 34.3 Å². The molecule has 1 fully saturated rings. The first-order valence-electron chi connectivity index (χ1n) is 11.1. The van der Waals surface area contributed by atoms with Gasteiger partial charge in [-0.15, -0.1) is 0 Å². The van der Waals surface area contributed by atoms with Crippen LogP contribution in [-0.2, 0) is 16.6 Å². The Morgan fingerprint density at radius 2 is 1.71 bits per heavy atom. The van der Waals surface area contributed by atoms with Gasteiger partial charge in [0, 0.05) is 18.7 Å². The molecule has 6 nitrogen and oxygen atoms in total. The van der Waals surface area contributed by atoms with Crippen LogP contribution < -0.4 is 4.90 Å². The molecule has 8 heteroatoms. The molecule has 1 saturated carbocycles. The highest BCUT2D eigenvalue weighted by molar-refractivity contribution is 7.89. The maximum absolute atomic E-state index is 13.7. The van der Waals surface area contributed by atoms with E-state index in [4.69, 9.17) is 4.98 Å². The lowest BCUT2D eigenvalue weighted by atomic mass is 10.1. The van der Waals surface area contributed by atoms with Crippen LogP contribution in [0.2, 0.25) is 0 Å². The highest BCUT2D eigenvalue weighted by Crippen LogP contribution is 2.33. The number of anilines is 1. The number of fused-ring (bicyclic) bond motifs is 1. The minimum absolute atomic E-state index is 0.0789. The predicted octanol–water partition coefficient (Wildman–Crippen LogP) is 5.23. The van der Waals surface area contributed by atoms with Crippen LogP contribution >= 0.6 is 11.3 Å². The molecule has 0 bridgehead atoms. The van der Waals surface area contributed by atoms with Gasteiger partial charge in [0.05, 0.1) is 21.7 Å². The zero-order chi connectivity index (χ0) is 23.9. The van der Waals surface area contributed by atoms with E-state index in [0.717, 1.165) is 34.2 Å². The van der Waals surface area contributed by atoms with Gasteiger partial charge in [0.2, 0.25) is 10.0 Å². The Kier molecular flexibility index (Phi) is 5.97. The van der Waals surface area contributed by atoms with E-state index in [2.05, 4.69) is 0 Å². The number of amides is 1. The Hall–Kier alpha value is -3.07. The number of aromatic nitrogens is 1. The van der Waals surface area contributed by atoms with Crippen molar-refractivity contribution >= 4 is 42.6 Å². The first kappa shape index (κ1) is 22.7. The SMILES string of the molecule is Cc1cccc2sc(N(Cc3ccccc3)C(=O)c3ccc(S(=O)(=O)N(C)C4CC4)cc3)nc12. The van der Waals surface area contributed by atoms with Gasteiger partial charge in [0.25, 0.3) is 5.91 Å². The molecule has 3 aromatic carbocycles. The topological polar surface area (TPSA) is 70.6 Å². The first-order chi connectivity index (χ1) is 16.3. The molecule has 1 aliphatic rings. The molecule has 0 spiro atoms. The third-order valence-corrected chi connectivity index (χ3v) is 9.08. The number of benzene rings is 3. The molecule has 0 aliphatic heterocycles. The van der Waals surface area contributed by atoms with Crippen LogP contribution in [0, 0.1) is 6.92 Å². The number of thiazole rings is 1. The molecule has 0 N–H and O–H groups in total. The van der Waals surface area contributed by atoms with Crippen molar-refractivity contribution in [2.45, 2.75) is 37.2 Å². The van der Waals surface area contributed by atoms with Gasteiger partial charge >= 0.3 is 0 Å². The fourth-order valence-corrected chi connectivity index (χ4v) is 6.37. The quantitative estimate of drug-likeness (QED) is 0.355. The van der Waals surface area contributed by atoms with Gasteiger partial charge in [-0.05, 0) is 61.2 Å². The summed E-state index contributed by atoms with van der Waals surface area (Å²) in [6.45, 7) is 2.37. The van der Waals surface area contributed by atoms with Gasteiger partial charge < -0.3 is 0 Å². The molecule has 0 unspecified atom stereocenters. The van der Waals surface area contributed by atoms with Gasteiger partial charge in [0.1, 0.15) is 0 Å². The average molecular weight is 492 g/mol. The number of hydrogen-bond acceptors (Lipinski definition) is 5. The van der Waals surface area contributed by atoms with Crippen molar-refractivity contribution in [1.82, 2.24) is 9.29 Å². The second kappa shape index (κ2) is 8.94. The summed E-state index contributed by atoms with van der Waals surface area (Å²) in [5.74, 6) is -0.222. The Labute approximate surface area is 203 Å². The van der Waals surface area contributed by atoms with Crippen LogP contribution in [0.3, 0.4) is 0 Å². The van der Waals surface area contributed by atoms with Gasteiger partial charge in [-0.2, -0.15) is 4.31 Å². The number of hydrogen-bond donors (Lipinski definition) is 0. The van der Waals surface area contributed by atoms with E-state index >= 15 is 0 Å². The average Bonchev–Trinajstić information content (AvgIpc) is 3.61. The maximum atomic E-state index is 13.7. The highest BCUT2D eigenvalue weighted by atomic mass is 32.2. The lowest BCUT2D eigenvalue weighted by Crippen LogP contribution is -2.31. The molecule has 0 radical (unpaired) electrons. The fourth-order valence-electron chi connectivity index (χ4n) is 3.91. The molecule has 34 heavy (non-hydrogen) atoms. The second-order valence-electron chi connectivity index (χ2n) is 8.57. The van der Waals surface area contributed by atoms with E-state index in [9.17, 15) is 13.2 Å². The van der Waals surface area contributed by atoms with Crippen molar-refractivity contribution in [3.8, 4) is 0 Å². The number of para-hydroxylation sites is 1. The van der Waals surface area contributed by atoms with Gasteiger partial charge in [0.15, 0.2) is 5.13 Å². The summed E-state index contributed by atoms with van der Waals surface area (Å²) >= 11 is 1.47. The molecule has 0 saturated heterocycles. The standard InChI is InChI=1S/C26H25N3O3S2/c1-18-7-6-10-23-24(18)27-26(33-23)29(17-19-8-4-3-5-9-19)25(30)20-11-15-22(16-12-20)34(31,32)28(2)21-13-14-21/h3-12,15-16,21H,13-14,17H2,1-2H3. The van der Waals surface area contributed by atoms with Crippen molar-refractivity contribution in [3.05, 3.63) is 89.5 Å². The Morgan fingerprint density at radius 1 is 1.00 bits per heavy atom. The lowest BCUT2D eigenvalue weighted by Gasteiger charge is -2.21. The molecule has 1 aliphatic carbocycles. The third kappa shape index (κ3) is 4.36. The Bertz CT molecular complexity index is 1440. The molecule has 1 heterocycles. The maximum Gasteiger partial charge on any atom is 0.260 e. The second-order valence-corrected chi connectivity index (χ2v) is 11.6. The number of rotatable bonds is 7. The molecule has 0 atom stereocenters.